The molecule has 15 heavy (non-hydrogen) atoms. The number of hydrogen-bond acceptors (Lipinski definition) is 2. The zero-order chi connectivity index (χ0) is 11.4. The number of amides is 1. The molecule has 1 atom stereocenters. The number of primary amides is 1. The molecule has 0 saturated carbocycles. The first-order valence-corrected chi connectivity index (χ1v) is 5.16. The van der Waals surface area contributed by atoms with E-state index in [-0.39, 0.29) is 11.9 Å². The van der Waals surface area contributed by atoms with Gasteiger partial charge in [0, 0.05) is 0 Å². The van der Waals surface area contributed by atoms with Crippen LogP contribution in [0.2, 0.25) is 0 Å². The van der Waals surface area contributed by atoms with Crippen LogP contribution < -0.4 is 11.1 Å². The van der Waals surface area contributed by atoms with Gasteiger partial charge in [0.05, 0.1) is 0 Å². The molecule has 0 aromatic heterocycles. The first-order valence-electron chi connectivity index (χ1n) is 5.16. The normalized spacial score (nSPS) is 12.5. The molecule has 0 spiro atoms. The summed E-state index contributed by atoms with van der Waals surface area (Å²) in [5.74, 6) is -0.328. The maximum absolute atomic E-state index is 11.3. The van der Waals surface area contributed by atoms with Gasteiger partial charge in [-0.25, -0.2) is 0 Å². The van der Waals surface area contributed by atoms with Crippen molar-refractivity contribution in [1.29, 1.82) is 0 Å². The van der Waals surface area contributed by atoms with Crippen LogP contribution in [0.4, 0.5) is 0 Å². The SMILES string of the molecule is CCNC(C(N)=O)c1cc(C)ccc1C. The van der Waals surface area contributed by atoms with Crippen LogP contribution in [0, 0.1) is 13.8 Å². The second-order valence-corrected chi connectivity index (χ2v) is 3.75. The topological polar surface area (TPSA) is 55.1 Å². The average Bonchev–Trinajstić information content (AvgIpc) is 2.18. The summed E-state index contributed by atoms with van der Waals surface area (Å²) in [7, 11) is 0. The second kappa shape index (κ2) is 4.94. The molecule has 0 aliphatic carbocycles. The molecule has 1 aromatic carbocycles. The largest absolute Gasteiger partial charge is 0.368 e. The summed E-state index contributed by atoms with van der Waals surface area (Å²) in [6, 6.07) is 5.67. The average molecular weight is 206 g/mol. The molecule has 0 aliphatic rings. The first-order chi connectivity index (χ1) is 7.06. The third kappa shape index (κ3) is 2.80. The van der Waals surface area contributed by atoms with E-state index in [2.05, 4.69) is 5.32 Å². The van der Waals surface area contributed by atoms with Gasteiger partial charge in [-0.2, -0.15) is 0 Å². The van der Waals surface area contributed by atoms with E-state index in [0.29, 0.717) is 0 Å². The predicted octanol–water partition coefficient (Wildman–Crippen LogP) is 1.44. The second-order valence-electron chi connectivity index (χ2n) is 3.75. The quantitative estimate of drug-likeness (QED) is 0.783. The third-order valence-corrected chi connectivity index (χ3v) is 2.44. The van der Waals surface area contributed by atoms with Gasteiger partial charge in [-0.3, -0.25) is 4.79 Å². The van der Waals surface area contributed by atoms with Crippen molar-refractivity contribution < 1.29 is 4.79 Å². The van der Waals surface area contributed by atoms with E-state index in [1.165, 1.54) is 0 Å². The summed E-state index contributed by atoms with van der Waals surface area (Å²) in [5.41, 5.74) is 8.58. The molecular weight excluding hydrogens is 188 g/mol. The number of nitrogens with one attached hydrogen (secondary N) is 1. The molecule has 1 rings (SSSR count). The van der Waals surface area contributed by atoms with Gasteiger partial charge in [-0.1, -0.05) is 30.7 Å². The molecule has 1 aromatic rings. The van der Waals surface area contributed by atoms with E-state index in [0.717, 1.165) is 23.2 Å². The minimum atomic E-state index is -0.380. The summed E-state index contributed by atoms with van der Waals surface area (Å²) in [6.07, 6.45) is 0. The Balaban J connectivity index is 3.09. The smallest absolute Gasteiger partial charge is 0.239 e. The van der Waals surface area contributed by atoms with E-state index in [1.807, 2.05) is 39.0 Å². The standard InChI is InChI=1S/C12H18N2O/c1-4-14-11(12(13)15)10-7-8(2)5-6-9(10)3/h5-7,11,14H,4H2,1-3H3,(H2,13,15). The molecule has 3 heteroatoms. The van der Waals surface area contributed by atoms with Crippen LogP contribution in [-0.2, 0) is 4.79 Å². The zero-order valence-electron chi connectivity index (χ0n) is 9.50. The molecule has 0 saturated heterocycles. The van der Waals surface area contributed by atoms with E-state index in [1.54, 1.807) is 0 Å². The van der Waals surface area contributed by atoms with Crippen LogP contribution in [0.25, 0.3) is 0 Å². The minimum absolute atomic E-state index is 0.328. The van der Waals surface area contributed by atoms with Gasteiger partial charge < -0.3 is 11.1 Å². The number of aryl methyl sites for hydroxylation is 2. The van der Waals surface area contributed by atoms with Crippen molar-refractivity contribution in [2.75, 3.05) is 6.54 Å². The van der Waals surface area contributed by atoms with Crippen LogP contribution >= 0.6 is 0 Å². The number of carbonyl (C=O) groups is 1. The van der Waals surface area contributed by atoms with Crippen molar-refractivity contribution in [3.05, 3.63) is 34.9 Å². The van der Waals surface area contributed by atoms with Gasteiger partial charge in [0.1, 0.15) is 6.04 Å². The third-order valence-electron chi connectivity index (χ3n) is 2.44. The molecule has 0 heterocycles. The fourth-order valence-corrected chi connectivity index (χ4v) is 1.64. The summed E-state index contributed by atoms with van der Waals surface area (Å²) in [6.45, 7) is 6.68. The highest BCUT2D eigenvalue weighted by molar-refractivity contribution is 5.81. The van der Waals surface area contributed by atoms with Crippen molar-refractivity contribution in [1.82, 2.24) is 5.32 Å². The lowest BCUT2D eigenvalue weighted by molar-refractivity contribution is -0.120. The Kier molecular flexibility index (Phi) is 3.86. The van der Waals surface area contributed by atoms with Gasteiger partial charge in [-0.05, 0) is 31.5 Å². The number of carbonyl (C=O) groups excluding carboxylic acids is 1. The molecule has 3 N–H and O–H groups in total. The van der Waals surface area contributed by atoms with E-state index >= 15 is 0 Å². The van der Waals surface area contributed by atoms with Crippen LogP contribution in [-0.4, -0.2) is 12.5 Å². The number of nitrogens with two attached hydrogens (primary N) is 1. The van der Waals surface area contributed by atoms with Crippen LogP contribution in [0.1, 0.15) is 29.7 Å². The maximum Gasteiger partial charge on any atom is 0.239 e. The van der Waals surface area contributed by atoms with Crippen molar-refractivity contribution in [2.45, 2.75) is 26.8 Å². The molecule has 1 amide bonds. The summed E-state index contributed by atoms with van der Waals surface area (Å²) in [4.78, 5) is 11.3. The summed E-state index contributed by atoms with van der Waals surface area (Å²) in [5, 5.41) is 3.09. The summed E-state index contributed by atoms with van der Waals surface area (Å²) < 4.78 is 0. The van der Waals surface area contributed by atoms with Gasteiger partial charge >= 0.3 is 0 Å². The molecular formula is C12H18N2O. The number of hydrogen-bond donors (Lipinski definition) is 2. The highest BCUT2D eigenvalue weighted by atomic mass is 16.1. The number of likely N-dealkylation sites (N-methyl/N-ethyl adjacent to an activating group) is 1. The van der Waals surface area contributed by atoms with E-state index < -0.39 is 0 Å². The number of rotatable bonds is 4. The Morgan fingerprint density at radius 3 is 2.67 bits per heavy atom. The molecule has 0 aliphatic heterocycles. The van der Waals surface area contributed by atoms with Crippen LogP contribution in [0.3, 0.4) is 0 Å². The van der Waals surface area contributed by atoms with Crippen LogP contribution in [0.15, 0.2) is 18.2 Å². The lowest BCUT2D eigenvalue weighted by Crippen LogP contribution is -2.34. The van der Waals surface area contributed by atoms with E-state index in [9.17, 15) is 4.79 Å². The van der Waals surface area contributed by atoms with E-state index in [4.69, 9.17) is 5.73 Å². The van der Waals surface area contributed by atoms with Gasteiger partial charge in [0.2, 0.25) is 5.91 Å². The first kappa shape index (κ1) is 11.7. The monoisotopic (exact) mass is 206 g/mol. The molecule has 0 bridgehead atoms. The molecule has 1 unspecified atom stereocenters. The zero-order valence-corrected chi connectivity index (χ0v) is 9.50. The molecule has 0 fully saturated rings. The van der Waals surface area contributed by atoms with Crippen molar-refractivity contribution in [3.63, 3.8) is 0 Å². The fourth-order valence-electron chi connectivity index (χ4n) is 1.64. The van der Waals surface area contributed by atoms with Gasteiger partial charge in [0.15, 0.2) is 0 Å². The lowest BCUT2D eigenvalue weighted by Gasteiger charge is -2.17. The highest BCUT2D eigenvalue weighted by Crippen LogP contribution is 2.18. The summed E-state index contributed by atoms with van der Waals surface area (Å²) >= 11 is 0. The van der Waals surface area contributed by atoms with Crippen LogP contribution in [0.5, 0.6) is 0 Å². The Bertz CT molecular complexity index is 361. The van der Waals surface area contributed by atoms with Crippen molar-refractivity contribution in [2.24, 2.45) is 5.73 Å². The molecule has 82 valence electrons. The number of benzene rings is 1. The highest BCUT2D eigenvalue weighted by Gasteiger charge is 2.18. The van der Waals surface area contributed by atoms with Crippen molar-refractivity contribution in [3.8, 4) is 0 Å². The van der Waals surface area contributed by atoms with Gasteiger partial charge in [0.25, 0.3) is 0 Å². The molecule has 3 nitrogen and oxygen atoms in total. The minimum Gasteiger partial charge on any atom is -0.368 e. The lowest BCUT2D eigenvalue weighted by atomic mass is 9.98. The van der Waals surface area contributed by atoms with Crippen molar-refractivity contribution >= 4 is 5.91 Å². The fraction of sp³-hybridized carbons (Fsp3) is 0.417. The Labute approximate surface area is 90.7 Å². The molecule has 0 radical (unpaired) electrons. The Hall–Kier alpha value is -1.35. The maximum atomic E-state index is 11.3. The Morgan fingerprint density at radius 1 is 1.47 bits per heavy atom. The Morgan fingerprint density at radius 2 is 2.13 bits per heavy atom. The predicted molar refractivity (Wildman–Crippen MR) is 61.5 cm³/mol. The van der Waals surface area contributed by atoms with Gasteiger partial charge in [-0.15, -0.1) is 0 Å².